The summed E-state index contributed by atoms with van der Waals surface area (Å²) in [6.07, 6.45) is 2.65. The molecule has 0 rings (SSSR count). The fourth-order valence-corrected chi connectivity index (χ4v) is 0.540. The van der Waals surface area contributed by atoms with E-state index in [1.807, 2.05) is 13.8 Å². The highest BCUT2D eigenvalue weighted by molar-refractivity contribution is 5.93. The van der Waals surface area contributed by atoms with E-state index in [0.29, 0.717) is 0 Å². The van der Waals surface area contributed by atoms with E-state index in [2.05, 4.69) is 5.32 Å². The highest BCUT2D eigenvalue weighted by Gasteiger charge is 2.01. The first-order valence-corrected chi connectivity index (χ1v) is 3.77. The van der Waals surface area contributed by atoms with Crippen LogP contribution in [0.1, 0.15) is 20.3 Å². The monoisotopic (exact) mass is 171 g/mol. The number of hydrogen-bond acceptors (Lipinski definition) is 2. The maximum absolute atomic E-state index is 10.9. The molecule has 0 saturated heterocycles. The van der Waals surface area contributed by atoms with Gasteiger partial charge in [0, 0.05) is 18.2 Å². The quantitative estimate of drug-likeness (QED) is 0.607. The van der Waals surface area contributed by atoms with Crippen LogP contribution in [0.5, 0.6) is 0 Å². The normalized spacial score (nSPS) is 12.8. The summed E-state index contributed by atoms with van der Waals surface area (Å²) in [6, 6.07) is 0.0796. The Morgan fingerprint density at radius 1 is 1.50 bits per heavy atom. The number of hydrogen-bond donors (Lipinski definition) is 2. The maximum Gasteiger partial charge on any atom is 0.328 e. The van der Waals surface area contributed by atoms with Crippen molar-refractivity contribution in [1.29, 1.82) is 0 Å². The van der Waals surface area contributed by atoms with Crippen molar-refractivity contribution in [2.24, 2.45) is 0 Å². The maximum atomic E-state index is 10.9. The first kappa shape index (κ1) is 10.7. The molecule has 2 N–H and O–H groups in total. The standard InChI is InChI=1S/C8H13NO3/c1-3-6(2)9-7(10)4-5-8(11)12/h4-6H,3H2,1-2H3,(H,9,10)(H,11,12)/b5-4-. The van der Waals surface area contributed by atoms with Crippen LogP contribution in [0.15, 0.2) is 12.2 Å². The molecule has 0 aromatic rings. The molecule has 0 aliphatic carbocycles. The molecule has 0 aliphatic heterocycles. The van der Waals surface area contributed by atoms with E-state index in [9.17, 15) is 9.59 Å². The Bertz CT molecular complexity index is 198. The van der Waals surface area contributed by atoms with Gasteiger partial charge >= 0.3 is 5.97 Å². The molecular weight excluding hydrogens is 158 g/mol. The second-order valence-electron chi connectivity index (χ2n) is 2.49. The van der Waals surface area contributed by atoms with Gasteiger partial charge in [0.15, 0.2) is 0 Å². The summed E-state index contributed by atoms with van der Waals surface area (Å²) >= 11 is 0. The number of carboxylic acids is 1. The second-order valence-corrected chi connectivity index (χ2v) is 2.49. The van der Waals surface area contributed by atoms with E-state index in [4.69, 9.17) is 5.11 Å². The number of aliphatic carboxylic acids is 1. The highest BCUT2D eigenvalue weighted by Crippen LogP contribution is 1.87. The summed E-state index contributed by atoms with van der Waals surface area (Å²) in [7, 11) is 0. The van der Waals surface area contributed by atoms with E-state index in [1.54, 1.807) is 0 Å². The van der Waals surface area contributed by atoms with E-state index in [0.717, 1.165) is 18.6 Å². The summed E-state index contributed by atoms with van der Waals surface area (Å²) in [5.41, 5.74) is 0. The largest absolute Gasteiger partial charge is 0.478 e. The average molecular weight is 171 g/mol. The van der Waals surface area contributed by atoms with Crippen LogP contribution in [0.2, 0.25) is 0 Å². The number of nitrogens with one attached hydrogen (secondary N) is 1. The first-order valence-electron chi connectivity index (χ1n) is 3.77. The highest BCUT2D eigenvalue weighted by atomic mass is 16.4. The molecule has 0 aromatic heterocycles. The minimum absolute atomic E-state index is 0.0796. The number of carbonyl (C=O) groups excluding carboxylic acids is 1. The van der Waals surface area contributed by atoms with Gasteiger partial charge in [0.1, 0.15) is 0 Å². The van der Waals surface area contributed by atoms with Gasteiger partial charge in [-0.3, -0.25) is 4.79 Å². The number of amides is 1. The lowest BCUT2D eigenvalue weighted by atomic mass is 10.2. The van der Waals surface area contributed by atoms with Gasteiger partial charge in [0.25, 0.3) is 0 Å². The zero-order valence-corrected chi connectivity index (χ0v) is 7.20. The van der Waals surface area contributed by atoms with Gasteiger partial charge in [-0.2, -0.15) is 0 Å². The molecule has 1 unspecified atom stereocenters. The third kappa shape index (κ3) is 5.46. The molecule has 4 nitrogen and oxygen atoms in total. The van der Waals surface area contributed by atoms with Crippen LogP contribution in [0.3, 0.4) is 0 Å². The molecule has 68 valence electrons. The molecule has 0 aliphatic rings. The lowest BCUT2D eigenvalue weighted by molar-refractivity contribution is -0.131. The second kappa shape index (κ2) is 5.35. The summed E-state index contributed by atoms with van der Waals surface area (Å²) in [5, 5.41) is 10.8. The minimum Gasteiger partial charge on any atom is -0.478 e. The van der Waals surface area contributed by atoms with Crippen molar-refractivity contribution < 1.29 is 14.7 Å². The average Bonchev–Trinajstić information content (AvgIpc) is 2.00. The molecule has 4 heteroatoms. The van der Waals surface area contributed by atoms with Crippen LogP contribution in [0.25, 0.3) is 0 Å². The van der Waals surface area contributed by atoms with Crippen molar-refractivity contribution in [3.63, 3.8) is 0 Å². The van der Waals surface area contributed by atoms with Gasteiger partial charge < -0.3 is 10.4 Å². The fourth-order valence-electron chi connectivity index (χ4n) is 0.540. The lowest BCUT2D eigenvalue weighted by Gasteiger charge is -2.07. The van der Waals surface area contributed by atoms with Crippen molar-refractivity contribution in [2.75, 3.05) is 0 Å². The third-order valence-electron chi connectivity index (χ3n) is 1.38. The van der Waals surface area contributed by atoms with E-state index < -0.39 is 5.97 Å². The molecule has 1 atom stereocenters. The van der Waals surface area contributed by atoms with E-state index >= 15 is 0 Å². The predicted octanol–water partition coefficient (Wildman–Crippen LogP) is 0.542. The van der Waals surface area contributed by atoms with Crippen molar-refractivity contribution in [3.05, 3.63) is 12.2 Å². The van der Waals surface area contributed by atoms with Gasteiger partial charge in [-0.05, 0) is 13.3 Å². The van der Waals surface area contributed by atoms with Crippen molar-refractivity contribution >= 4 is 11.9 Å². The molecule has 0 radical (unpaired) electrons. The van der Waals surface area contributed by atoms with Gasteiger partial charge in [-0.25, -0.2) is 4.79 Å². The molecule has 0 fully saturated rings. The van der Waals surface area contributed by atoms with E-state index in [1.165, 1.54) is 0 Å². The van der Waals surface area contributed by atoms with E-state index in [-0.39, 0.29) is 11.9 Å². The molecule has 1 amide bonds. The SMILES string of the molecule is CCC(C)NC(=O)/C=C\C(=O)O. The number of rotatable bonds is 4. The fraction of sp³-hybridized carbons (Fsp3) is 0.500. The minimum atomic E-state index is -1.12. The zero-order valence-electron chi connectivity index (χ0n) is 7.20. The van der Waals surface area contributed by atoms with Crippen molar-refractivity contribution in [3.8, 4) is 0 Å². The van der Waals surface area contributed by atoms with Crippen LogP contribution in [-0.2, 0) is 9.59 Å². The molecule has 12 heavy (non-hydrogen) atoms. The summed E-state index contributed by atoms with van der Waals surface area (Å²) in [6.45, 7) is 3.79. The van der Waals surface area contributed by atoms with Crippen LogP contribution >= 0.6 is 0 Å². The molecule has 0 aromatic carbocycles. The van der Waals surface area contributed by atoms with Gasteiger partial charge in [-0.15, -0.1) is 0 Å². The molecule has 0 heterocycles. The Hall–Kier alpha value is -1.32. The molecular formula is C8H13NO3. The van der Waals surface area contributed by atoms with Crippen LogP contribution in [0.4, 0.5) is 0 Å². The van der Waals surface area contributed by atoms with Crippen molar-refractivity contribution in [2.45, 2.75) is 26.3 Å². The Labute approximate surface area is 71.3 Å². The Morgan fingerprint density at radius 3 is 2.50 bits per heavy atom. The predicted molar refractivity (Wildman–Crippen MR) is 44.7 cm³/mol. The third-order valence-corrected chi connectivity index (χ3v) is 1.38. The van der Waals surface area contributed by atoms with Crippen LogP contribution in [-0.4, -0.2) is 23.0 Å². The number of carboxylic acid groups (broad SMARTS) is 1. The Morgan fingerprint density at radius 2 is 2.08 bits per heavy atom. The zero-order chi connectivity index (χ0) is 9.56. The van der Waals surface area contributed by atoms with Gasteiger partial charge in [0.05, 0.1) is 0 Å². The molecule has 0 spiro atoms. The lowest BCUT2D eigenvalue weighted by Crippen LogP contribution is -2.30. The summed E-state index contributed by atoms with van der Waals surface area (Å²) < 4.78 is 0. The smallest absolute Gasteiger partial charge is 0.328 e. The van der Waals surface area contributed by atoms with Crippen LogP contribution in [0, 0.1) is 0 Å². The Balaban J connectivity index is 3.81. The van der Waals surface area contributed by atoms with Gasteiger partial charge in [0.2, 0.25) is 5.91 Å². The first-order chi connectivity index (χ1) is 5.56. The van der Waals surface area contributed by atoms with Crippen LogP contribution < -0.4 is 5.32 Å². The molecule has 0 bridgehead atoms. The van der Waals surface area contributed by atoms with Gasteiger partial charge in [-0.1, -0.05) is 6.92 Å². The number of carbonyl (C=O) groups is 2. The topological polar surface area (TPSA) is 66.4 Å². The summed E-state index contributed by atoms with van der Waals surface area (Å²) in [5.74, 6) is -1.49. The Kier molecular flexibility index (Phi) is 4.76. The summed E-state index contributed by atoms with van der Waals surface area (Å²) in [4.78, 5) is 20.8. The molecule has 0 saturated carbocycles. The van der Waals surface area contributed by atoms with Crippen molar-refractivity contribution in [1.82, 2.24) is 5.32 Å².